The molecule has 0 aliphatic rings. The Morgan fingerprint density at radius 3 is 2.81 bits per heavy atom. The fraction of sp³-hybridized carbons (Fsp3) is 0.400. The number of nitrogens with zero attached hydrogens (tertiary/aromatic N) is 3. The highest BCUT2D eigenvalue weighted by atomic mass is 79.9. The van der Waals surface area contributed by atoms with Gasteiger partial charge in [-0.15, -0.1) is 0 Å². The molecule has 2 rings (SSSR count). The van der Waals surface area contributed by atoms with Crippen molar-refractivity contribution in [1.29, 1.82) is 0 Å². The Kier molecular flexibility index (Phi) is 5.13. The number of halogens is 2. The van der Waals surface area contributed by atoms with Gasteiger partial charge in [0, 0.05) is 12.1 Å². The molecule has 0 saturated carbocycles. The third kappa shape index (κ3) is 3.51. The normalized spacial score (nSPS) is 12.9. The van der Waals surface area contributed by atoms with Crippen molar-refractivity contribution in [1.82, 2.24) is 14.7 Å². The van der Waals surface area contributed by atoms with Crippen LogP contribution in [0.15, 0.2) is 28.9 Å². The molecule has 0 aliphatic carbocycles. The maximum Gasteiger partial charge on any atom is 0.132 e. The van der Waals surface area contributed by atoms with Gasteiger partial charge in [-0.05, 0) is 42.5 Å². The minimum Gasteiger partial charge on any atom is -0.382 e. The average molecular weight is 356 g/mol. The van der Waals surface area contributed by atoms with Gasteiger partial charge in [0.1, 0.15) is 11.9 Å². The standard InChI is InChI=1S/C15H19BrFN3O/c1-10-5-4-6-11(13(10)17)15(21)14-12(16)9-18-20(14)8-7-19(2)3/h4-6,9,15,21H,7-8H2,1-3H3. The monoisotopic (exact) mass is 355 g/mol. The second-order valence-corrected chi connectivity index (χ2v) is 6.14. The van der Waals surface area contributed by atoms with Crippen LogP contribution in [0, 0.1) is 12.7 Å². The van der Waals surface area contributed by atoms with Crippen molar-refractivity contribution < 1.29 is 9.50 Å². The molecule has 4 nitrogen and oxygen atoms in total. The van der Waals surface area contributed by atoms with Crippen LogP contribution in [0.3, 0.4) is 0 Å². The van der Waals surface area contributed by atoms with Crippen LogP contribution in [0.1, 0.15) is 22.9 Å². The molecule has 0 saturated heterocycles. The topological polar surface area (TPSA) is 41.3 Å². The van der Waals surface area contributed by atoms with Gasteiger partial charge in [-0.2, -0.15) is 5.10 Å². The number of rotatable bonds is 5. The third-order valence-corrected chi connectivity index (χ3v) is 3.98. The van der Waals surface area contributed by atoms with Crippen molar-refractivity contribution in [2.45, 2.75) is 19.6 Å². The van der Waals surface area contributed by atoms with E-state index in [2.05, 4.69) is 21.0 Å². The molecule has 0 fully saturated rings. The Bertz CT molecular complexity index is 627. The number of hydrogen-bond acceptors (Lipinski definition) is 3. The molecule has 1 unspecified atom stereocenters. The zero-order valence-corrected chi connectivity index (χ0v) is 13.9. The van der Waals surface area contributed by atoms with Gasteiger partial charge in [0.2, 0.25) is 0 Å². The maximum atomic E-state index is 14.2. The van der Waals surface area contributed by atoms with Gasteiger partial charge < -0.3 is 10.0 Å². The maximum absolute atomic E-state index is 14.2. The SMILES string of the molecule is Cc1cccc(C(O)c2c(Br)cnn2CCN(C)C)c1F. The molecule has 0 spiro atoms. The summed E-state index contributed by atoms with van der Waals surface area (Å²) >= 11 is 3.39. The number of likely N-dealkylation sites (N-methyl/N-ethyl adjacent to an activating group) is 1. The Labute approximate surface area is 132 Å². The summed E-state index contributed by atoms with van der Waals surface area (Å²) in [4.78, 5) is 2.03. The van der Waals surface area contributed by atoms with E-state index in [0.717, 1.165) is 6.54 Å². The molecule has 0 bridgehead atoms. The van der Waals surface area contributed by atoms with E-state index in [4.69, 9.17) is 0 Å². The van der Waals surface area contributed by atoms with E-state index < -0.39 is 6.10 Å². The smallest absolute Gasteiger partial charge is 0.132 e. The first-order valence-electron chi connectivity index (χ1n) is 6.70. The number of aliphatic hydroxyl groups excluding tert-OH is 1. The fourth-order valence-electron chi connectivity index (χ4n) is 2.15. The summed E-state index contributed by atoms with van der Waals surface area (Å²) in [6.45, 7) is 3.09. The molecule has 1 atom stereocenters. The minimum absolute atomic E-state index is 0.266. The molecule has 1 aromatic heterocycles. The predicted octanol–water partition coefficient (Wildman–Crippen LogP) is 2.74. The highest BCUT2D eigenvalue weighted by Crippen LogP contribution is 2.30. The summed E-state index contributed by atoms with van der Waals surface area (Å²) in [5.74, 6) is -0.378. The van der Waals surface area contributed by atoms with Crippen LogP contribution in [0.4, 0.5) is 4.39 Å². The van der Waals surface area contributed by atoms with E-state index >= 15 is 0 Å². The van der Waals surface area contributed by atoms with Crippen LogP contribution in [-0.4, -0.2) is 40.4 Å². The molecule has 1 aromatic carbocycles. The molecule has 114 valence electrons. The van der Waals surface area contributed by atoms with Crippen LogP contribution in [0.2, 0.25) is 0 Å². The summed E-state index contributed by atoms with van der Waals surface area (Å²) < 4.78 is 16.6. The fourth-order valence-corrected chi connectivity index (χ4v) is 2.66. The van der Waals surface area contributed by atoms with Gasteiger partial charge in [0.25, 0.3) is 0 Å². The molecule has 1 heterocycles. The van der Waals surface area contributed by atoms with Gasteiger partial charge in [0.15, 0.2) is 0 Å². The first-order chi connectivity index (χ1) is 9.91. The average Bonchev–Trinajstić information content (AvgIpc) is 2.80. The number of aryl methyl sites for hydroxylation is 1. The second-order valence-electron chi connectivity index (χ2n) is 5.28. The van der Waals surface area contributed by atoms with Crippen LogP contribution >= 0.6 is 15.9 Å². The van der Waals surface area contributed by atoms with E-state index in [-0.39, 0.29) is 11.4 Å². The van der Waals surface area contributed by atoms with E-state index in [0.29, 0.717) is 22.3 Å². The Hall–Kier alpha value is -1.24. The summed E-state index contributed by atoms with van der Waals surface area (Å²) in [6, 6.07) is 5.03. The molecule has 21 heavy (non-hydrogen) atoms. The molecule has 2 aromatic rings. The minimum atomic E-state index is -1.05. The van der Waals surface area contributed by atoms with E-state index in [1.54, 1.807) is 36.0 Å². The zero-order chi connectivity index (χ0) is 15.6. The van der Waals surface area contributed by atoms with Crippen LogP contribution in [0.25, 0.3) is 0 Å². The van der Waals surface area contributed by atoms with Gasteiger partial charge in [-0.25, -0.2) is 4.39 Å². The lowest BCUT2D eigenvalue weighted by Gasteiger charge is -2.17. The molecule has 0 aliphatic heterocycles. The Balaban J connectivity index is 2.36. The first kappa shape index (κ1) is 16.1. The van der Waals surface area contributed by atoms with Crippen LogP contribution < -0.4 is 0 Å². The largest absolute Gasteiger partial charge is 0.382 e. The second kappa shape index (κ2) is 6.68. The molecule has 0 amide bonds. The van der Waals surface area contributed by atoms with E-state index in [1.165, 1.54) is 0 Å². The van der Waals surface area contributed by atoms with Gasteiger partial charge >= 0.3 is 0 Å². The lowest BCUT2D eigenvalue weighted by atomic mass is 10.0. The number of aliphatic hydroxyl groups is 1. The predicted molar refractivity (Wildman–Crippen MR) is 83.7 cm³/mol. The van der Waals surface area contributed by atoms with E-state index in [1.807, 2.05) is 19.0 Å². The van der Waals surface area contributed by atoms with Gasteiger partial charge in [-0.3, -0.25) is 4.68 Å². The van der Waals surface area contributed by atoms with Gasteiger partial charge in [0.05, 0.1) is 22.9 Å². The molecular weight excluding hydrogens is 337 g/mol. The van der Waals surface area contributed by atoms with Crippen molar-refractivity contribution in [3.63, 3.8) is 0 Å². The number of hydrogen-bond donors (Lipinski definition) is 1. The Morgan fingerprint density at radius 1 is 1.43 bits per heavy atom. The summed E-state index contributed by atoms with van der Waals surface area (Å²) in [7, 11) is 3.93. The highest BCUT2D eigenvalue weighted by molar-refractivity contribution is 9.10. The molecule has 6 heteroatoms. The van der Waals surface area contributed by atoms with Crippen molar-refractivity contribution in [2.75, 3.05) is 20.6 Å². The van der Waals surface area contributed by atoms with Gasteiger partial charge in [-0.1, -0.05) is 18.2 Å². The number of aromatic nitrogens is 2. The number of benzene rings is 1. The molecule has 1 N–H and O–H groups in total. The highest BCUT2D eigenvalue weighted by Gasteiger charge is 2.23. The lowest BCUT2D eigenvalue weighted by Crippen LogP contribution is -2.21. The van der Waals surface area contributed by atoms with Crippen LogP contribution in [-0.2, 0) is 6.54 Å². The zero-order valence-electron chi connectivity index (χ0n) is 12.3. The van der Waals surface area contributed by atoms with Crippen molar-refractivity contribution in [3.8, 4) is 0 Å². The third-order valence-electron chi connectivity index (χ3n) is 3.37. The summed E-state index contributed by atoms with van der Waals surface area (Å²) in [5.41, 5.74) is 1.35. The van der Waals surface area contributed by atoms with Crippen molar-refractivity contribution in [2.24, 2.45) is 0 Å². The molecule has 0 radical (unpaired) electrons. The Morgan fingerprint density at radius 2 is 2.14 bits per heavy atom. The summed E-state index contributed by atoms with van der Waals surface area (Å²) in [5, 5.41) is 14.8. The van der Waals surface area contributed by atoms with Crippen molar-refractivity contribution in [3.05, 3.63) is 51.5 Å². The van der Waals surface area contributed by atoms with E-state index in [9.17, 15) is 9.50 Å². The summed E-state index contributed by atoms with van der Waals surface area (Å²) in [6.07, 6.45) is 0.575. The first-order valence-corrected chi connectivity index (χ1v) is 7.50. The lowest BCUT2D eigenvalue weighted by molar-refractivity contribution is 0.199. The van der Waals surface area contributed by atoms with Crippen molar-refractivity contribution >= 4 is 15.9 Å². The van der Waals surface area contributed by atoms with Crippen LogP contribution in [0.5, 0.6) is 0 Å². The molecular formula is C15H19BrFN3O. The quantitative estimate of drug-likeness (QED) is 0.896.